The molecule has 15 aromatic rings. The lowest BCUT2D eigenvalue weighted by molar-refractivity contribution is 0.486. The number of anilines is 15. The highest BCUT2D eigenvalue weighted by Crippen LogP contribution is 2.48. The molecule has 0 aliphatic rings. The summed E-state index contributed by atoms with van der Waals surface area (Å²) >= 11 is 0. The maximum atomic E-state index is 14.7. The first kappa shape index (κ1) is 101. The predicted molar refractivity (Wildman–Crippen MR) is 476 cm³/mol. The van der Waals surface area contributed by atoms with Gasteiger partial charge in [0.2, 0.25) is 0 Å². The summed E-state index contributed by atoms with van der Waals surface area (Å²) in [6.45, 7) is 21.6. The van der Waals surface area contributed by atoms with Crippen molar-refractivity contribution in [3.8, 4) is 0 Å². The molecule has 30 heteroatoms. The number of aryl methyl sites for hydroxylation is 12. The van der Waals surface area contributed by atoms with Gasteiger partial charge in [0.15, 0.2) is 98.9 Å². The van der Waals surface area contributed by atoms with E-state index in [-0.39, 0.29) is 90.0 Å². The molecule has 0 saturated carbocycles. The molecule has 0 aromatic heterocycles. The quantitative estimate of drug-likeness (QED) is 0.0749. The van der Waals surface area contributed by atoms with E-state index < -0.39 is 196 Å². The second-order valence-corrected chi connectivity index (χ2v) is 31.8. The number of nitrogens with zero attached hydrogens (tertiary/aromatic N) is 5. The first-order valence-corrected chi connectivity index (χ1v) is 40.9. The zero-order valence-electron chi connectivity index (χ0n) is 74.4. The summed E-state index contributed by atoms with van der Waals surface area (Å²) in [6.07, 6.45) is 0. The molecule has 15 aromatic carbocycles. The topological polar surface area (TPSA) is 16.2 Å². The first-order chi connectivity index (χ1) is 63.5. The molecule has 0 amide bonds. The fourth-order valence-electron chi connectivity index (χ4n) is 13.9. The molecule has 0 atom stereocenters. The van der Waals surface area contributed by atoms with E-state index in [0.29, 0.717) is 0 Å². The Bertz CT molecular complexity index is 6690. The summed E-state index contributed by atoms with van der Waals surface area (Å²) in [7, 11) is 0. The van der Waals surface area contributed by atoms with Crippen LogP contribution in [0.5, 0.6) is 0 Å². The molecule has 0 heterocycles. The zero-order chi connectivity index (χ0) is 99.4. The minimum atomic E-state index is -1.48. The van der Waals surface area contributed by atoms with Crippen molar-refractivity contribution < 1.29 is 110 Å². The van der Waals surface area contributed by atoms with Crippen molar-refractivity contribution >= 4 is 85.3 Å². The smallest absolute Gasteiger partial charge is 0.186 e. The molecule has 0 aliphatic carbocycles. The molecule has 15 rings (SSSR count). The predicted octanol–water partition coefficient (Wildman–Crippen LogP) is 33.9. The third kappa shape index (κ3) is 21.4. The molecule has 5 nitrogen and oxygen atoms in total. The number of rotatable bonds is 15. The second kappa shape index (κ2) is 41.8. The van der Waals surface area contributed by atoms with Crippen molar-refractivity contribution in [2.24, 2.45) is 0 Å². The molecule has 0 saturated heterocycles. The first-order valence-electron chi connectivity index (χ1n) is 40.9. The van der Waals surface area contributed by atoms with Gasteiger partial charge in [-0.3, -0.25) is 0 Å². The van der Waals surface area contributed by atoms with Crippen LogP contribution in [0, 0.1) is 249 Å². The van der Waals surface area contributed by atoms with E-state index in [1.165, 1.54) is 140 Å². The minimum Gasteiger partial charge on any atom is -0.305 e. The van der Waals surface area contributed by atoms with Crippen molar-refractivity contribution in [3.63, 3.8) is 0 Å². The van der Waals surface area contributed by atoms with Crippen molar-refractivity contribution in [3.05, 3.63) is 441 Å². The molecule has 0 radical (unpaired) electrons. The van der Waals surface area contributed by atoms with Gasteiger partial charge in [-0.1, -0.05) is 101 Å². The van der Waals surface area contributed by atoms with E-state index >= 15 is 0 Å². The van der Waals surface area contributed by atoms with Gasteiger partial charge in [-0.05, 0) is 258 Å². The fourth-order valence-corrected chi connectivity index (χ4v) is 13.9. The minimum absolute atomic E-state index is 0.0381. The summed E-state index contributed by atoms with van der Waals surface area (Å²) in [5, 5.41) is 0. The Labute approximate surface area is 761 Å². The van der Waals surface area contributed by atoms with Crippen LogP contribution >= 0.6 is 0 Å². The number of hydrogen-bond donors (Lipinski definition) is 0. The van der Waals surface area contributed by atoms with Crippen LogP contribution in [-0.4, -0.2) is 0 Å². The molecule has 0 N–H and O–H groups in total. The van der Waals surface area contributed by atoms with Gasteiger partial charge in [-0.2, -0.15) is 0 Å². The van der Waals surface area contributed by atoms with E-state index in [1.54, 1.807) is 74.5 Å². The number of halogens is 25. The van der Waals surface area contributed by atoms with Gasteiger partial charge < -0.3 is 24.5 Å². The molecule has 0 aliphatic heterocycles. The van der Waals surface area contributed by atoms with Crippen LogP contribution in [0.1, 0.15) is 83.5 Å². The average Bonchev–Trinajstić information content (AvgIpc) is 0.778. The molecule has 0 unspecified atom stereocenters. The largest absolute Gasteiger partial charge is 0.305 e. The van der Waals surface area contributed by atoms with E-state index in [9.17, 15) is 110 Å². The Balaban J connectivity index is 0.000000162. The molecular weight excluding hydrogens is 1810 g/mol. The van der Waals surface area contributed by atoms with Gasteiger partial charge >= 0.3 is 0 Å². The fraction of sp³-hybridized carbons (Fsp3) is 0.143. The van der Waals surface area contributed by atoms with Gasteiger partial charge in [0, 0.05) is 69.4 Å². The summed E-state index contributed by atoms with van der Waals surface area (Å²) < 4.78 is 359. The Morgan fingerprint density at radius 3 is 0.667 bits per heavy atom. The van der Waals surface area contributed by atoms with Gasteiger partial charge in [-0.25, -0.2) is 110 Å². The third-order valence-corrected chi connectivity index (χ3v) is 21.8. The van der Waals surface area contributed by atoms with Crippen molar-refractivity contribution in [2.75, 3.05) is 24.5 Å². The highest BCUT2D eigenvalue weighted by atomic mass is 19.2. The van der Waals surface area contributed by atoms with E-state index in [2.05, 4.69) is 0 Å². The molecule has 0 fully saturated rings. The Hall–Kier alpha value is -14.5. The average molecular weight is 1890 g/mol. The zero-order valence-corrected chi connectivity index (χ0v) is 74.4. The molecule has 0 bridgehead atoms. The van der Waals surface area contributed by atoms with Crippen LogP contribution in [-0.2, 0) is 0 Å². The monoisotopic (exact) mass is 1890 g/mol. The molecule has 0 spiro atoms. The lowest BCUT2D eigenvalue weighted by Crippen LogP contribution is -2.17. The Morgan fingerprint density at radius 2 is 0.356 bits per heavy atom. The normalized spacial score (nSPS) is 11.0. The highest BCUT2D eigenvalue weighted by molar-refractivity contribution is 5.83. The molecule has 700 valence electrons. The van der Waals surface area contributed by atoms with Gasteiger partial charge in [0.25, 0.3) is 0 Å². The highest BCUT2D eigenvalue weighted by Gasteiger charge is 2.34. The number of benzene rings is 15. The van der Waals surface area contributed by atoms with Gasteiger partial charge in [0.1, 0.15) is 63.6 Å². The third-order valence-electron chi connectivity index (χ3n) is 21.8. The van der Waals surface area contributed by atoms with Gasteiger partial charge in [-0.15, -0.1) is 0 Å². The maximum absolute atomic E-state index is 14.7. The van der Waals surface area contributed by atoms with Crippen LogP contribution in [0.4, 0.5) is 195 Å². The Morgan fingerprint density at radius 1 is 0.133 bits per heavy atom. The summed E-state index contributed by atoms with van der Waals surface area (Å²) in [5.41, 5.74) is -1.59. The van der Waals surface area contributed by atoms with Crippen molar-refractivity contribution in [1.82, 2.24) is 0 Å². The molecular formula is C105H80F25N5. The standard InChI is InChI=1S/5C21H16F5N/c1-11-4-7-14(8-5-11)27(16-9-6-12(2)18(23)20(16)25)17-10-15(22)13(3)19(24)21(17)26;1-11-4-7-14(8-5-11)27(16-9-6-12(2)17(23)19(16)25)21-15(22)10-13(3)18(24)20(21)26;1-11-4-6-14(7-5-11)27(18-9-15(22)12(2)8-17(18)24)19-10-16(23)13(3)20(25)21(19)26;1-11-4-6-14(7-5-11)27(15-9-16(22)13(3)17(23)10-15)21-18(24)8-12(2)19(25)20(21)26;1-11-4-6-14(7-5-11)27(18-10-15(22)12(2)8-16(18)23)21-17(24)9-13(3)19(25)20(21)26/h5*4-10H,1-3H3. The van der Waals surface area contributed by atoms with Gasteiger partial charge in [0.05, 0.1) is 39.8 Å². The summed E-state index contributed by atoms with van der Waals surface area (Å²) in [5.74, 6) is -28.6. The Kier molecular flexibility index (Phi) is 31.3. The lowest BCUT2D eigenvalue weighted by Gasteiger charge is -2.27. The van der Waals surface area contributed by atoms with Crippen LogP contribution in [0.15, 0.2) is 212 Å². The van der Waals surface area contributed by atoms with Crippen LogP contribution < -0.4 is 24.5 Å². The van der Waals surface area contributed by atoms with Crippen LogP contribution in [0.3, 0.4) is 0 Å². The van der Waals surface area contributed by atoms with E-state index in [0.717, 1.165) is 133 Å². The lowest BCUT2D eigenvalue weighted by atomic mass is 10.1. The SMILES string of the molecule is Cc1ccc(N(c2cc(F)c(C)c(F)c2)c2c(F)cc(C)c(F)c2F)cc1.Cc1ccc(N(c2cc(F)c(C)cc2F)c2c(F)cc(C)c(F)c2F)cc1.Cc1ccc(N(c2cc(F)c(C)cc2F)c2cc(F)c(C)c(F)c2F)cc1.Cc1ccc(N(c2ccc(C)c(F)c2F)c2c(F)cc(C)c(F)c2F)cc1.Cc1ccc(N(c2ccc(C)c(F)c2F)c2cc(F)c(C)c(F)c2F)cc1. The maximum Gasteiger partial charge on any atom is 0.186 e. The van der Waals surface area contributed by atoms with E-state index in [4.69, 9.17) is 0 Å². The summed E-state index contributed by atoms with van der Waals surface area (Å²) in [4.78, 5) is 4.55. The van der Waals surface area contributed by atoms with Crippen molar-refractivity contribution in [1.29, 1.82) is 0 Å². The molecule has 135 heavy (non-hydrogen) atoms. The van der Waals surface area contributed by atoms with Crippen LogP contribution in [0.25, 0.3) is 0 Å². The van der Waals surface area contributed by atoms with E-state index in [1.807, 2.05) is 20.8 Å². The summed E-state index contributed by atoms with van der Waals surface area (Å²) in [6, 6.07) is 46.3. The van der Waals surface area contributed by atoms with Crippen LogP contribution in [0.2, 0.25) is 0 Å². The van der Waals surface area contributed by atoms with Crippen molar-refractivity contribution in [2.45, 2.75) is 104 Å². The number of hydrogen-bond acceptors (Lipinski definition) is 5. The second-order valence-electron chi connectivity index (χ2n) is 31.8.